The van der Waals surface area contributed by atoms with E-state index in [4.69, 9.17) is 0 Å². The Balaban J connectivity index is 2.04. The van der Waals surface area contributed by atoms with Crippen molar-refractivity contribution in [3.63, 3.8) is 0 Å². The number of carbonyl (C=O) groups is 2. The van der Waals surface area contributed by atoms with E-state index in [1.807, 2.05) is 49.3 Å². The van der Waals surface area contributed by atoms with Crippen LogP contribution in [-0.2, 0) is 19.4 Å². The van der Waals surface area contributed by atoms with E-state index in [1.54, 1.807) is 13.0 Å². The molecule has 28 heavy (non-hydrogen) atoms. The summed E-state index contributed by atoms with van der Waals surface area (Å²) in [5.74, 6) is -1.59. The molecule has 8 heteroatoms. The topological polar surface area (TPSA) is 98.5 Å². The molecule has 1 aromatic carbocycles. The van der Waals surface area contributed by atoms with Crippen LogP contribution in [0.25, 0.3) is 6.08 Å². The zero-order chi connectivity index (χ0) is 20.6. The van der Waals surface area contributed by atoms with Gasteiger partial charge in [-0.1, -0.05) is 12.1 Å². The summed E-state index contributed by atoms with van der Waals surface area (Å²) in [6, 6.07) is 8.63. The molecule has 3 rings (SSSR count). The molecular weight excluding hydrogens is 378 g/mol. The highest BCUT2D eigenvalue weighted by atomic mass is 32.2. The summed E-state index contributed by atoms with van der Waals surface area (Å²) in [6.07, 6.45) is 1.83. The maximum absolute atomic E-state index is 13.1. The van der Waals surface area contributed by atoms with Crippen molar-refractivity contribution in [2.75, 3.05) is 30.5 Å². The summed E-state index contributed by atoms with van der Waals surface area (Å²) in [6.45, 7) is 1.57. The largest absolute Gasteiger partial charge is 0.378 e. The molecule has 0 unspecified atom stereocenters. The third kappa shape index (κ3) is 3.58. The third-order valence-electron chi connectivity index (χ3n) is 5.07. The molecule has 0 radical (unpaired) electrons. The lowest BCUT2D eigenvalue weighted by Gasteiger charge is -2.31. The highest BCUT2D eigenvalue weighted by Crippen LogP contribution is 2.31. The number of hydrogen-bond donors (Lipinski definition) is 0. The number of carbonyl (C=O) groups excluding carboxylic acids is 2. The Kier molecular flexibility index (Phi) is 5.13. The Morgan fingerprint density at radius 2 is 1.82 bits per heavy atom. The normalized spacial score (nSPS) is 23.3. The Labute approximate surface area is 164 Å². The summed E-state index contributed by atoms with van der Waals surface area (Å²) in [5, 5.41) is 9.45. The molecule has 0 N–H and O–H groups in total. The van der Waals surface area contributed by atoms with Crippen molar-refractivity contribution in [2.24, 2.45) is 0 Å². The maximum Gasteiger partial charge on any atom is 0.271 e. The lowest BCUT2D eigenvalue weighted by atomic mass is 9.92. The Bertz CT molecular complexity index is 1040. The van der Waals surface area contributed by atoms with E-state index in [2.05, 4.69) is 0 Å². The van der Waals surface area contributed by atoms with Gasteiger partial charge in [-0.15, -0.1) is 0 Å². The monoisotopic (exact) mass is 399 g/mol. The summed E-state index contributed by atoms with van der Waals surface area (Å²) in [5.41, 5.74) is 2.17. The van der Waals surface area contributed by atoms with Crippen LogP contribution in [0.1, 0.15) is 18.9 Å². The zero-order valence-electron chi connectivity index (χ0n) is 16.0. The van der Waals surface area contributed by atoms with Crippen LogP contribution in [0.15, 0.2) is 41.0 Å². The number of benzene rings is 1. The fraction of sp³-hybridized carbons (Fsp3) is 0.350. The minimum Gasteiger partial charge on any atom is -0.378 e. The van der Waals surface area contributed by atoms with Crippen molar-refractivity contribution in [3.8, 4) is 6.07 Å². The molecule has 2 amide bonds. The lowest BCUT2D eigenvalue weighted by molar-refractivity contribution is -0.142. The number of rotatable bonds is 3. The smallest absolute Gasteiger partial charge is 0.271 e. The second kappa shape index (κ2) is 7.24. The third-order valence-corrected chi connectivity index (χ3v) is 6.82. The molecule has 0 saturated carbocycles. The van der Waals surface area contributed by atoms with Gasteiger partial charge in [0.1, 0.15) is 11.6 Å². The Morgan fingerprint density at radius 3 is 2.32 bits per heavy atom. The van der Waals surface area contributed by atoms with Gasteiger partial charge in [-0.2, -0.15) is 5.26 Å². The van der Waals surface area contributed by atoms with Crippen LogP contribution in [0.2, 0.25) is 0 Å². The van der Waals surface area contributed by atoms with Gasteiger partial charge in [0.25, 0.3) is 11.8 Å². The van der Waals surface area contributed by atoms with Gasteiger partial charge in [0.2, 0.25) is 0 Å². The molecule has 0 bridgehead atoms. The molecule has 1 fully saturated rings. The number of imide groups is 1. The van der Waals surface area contributed by atoms with E-state index >= 15 is 0 Å². The molecule has 1 atom stereocenters. The Morgan fingerprint density at radius 1 is 1.18 bits per heavy atom. The summed E-state index contributed by atoms with van der Waals surface area (Å²) >= 11 is 0. The summed E-state index contributed by atoms with van der Waals surface area (Å²) in [7, 11) is 0.552. The molecule has 0 aliphatic carbocycles. The van der Waals surface area contributed by atoms with Gasteiger partial charge in [-0.05, 0) is 42.7 Å². The molecule has 7 nitrogen and oxygen atoms in total. The van der Waals surface area contributed by atoms with Gasteiger partial charge >= 0.3 is 0 Å². The molecule has 2 aliphatic rings. The van der Waals surface area contributed by atoms with E-state index in [-0.39, 0.29) is 29.1 Å². The average Bonchev–Trinajstić information content (AvgIpc) is 2.99. The van der Waals surface area contributed by atoms with Gasteiger partial charge in [-0.25, -0.2) is 8.42 Å². The van der Waals surface area contributed by atoms with E-state index in [1.165, 1.54) is 0 Å². The lowest BCUT2D eigenvalue weighted by Crippen LogP contribution is -2.49. The number of nitriles is 1. The van der Waals surface area contributed by atoms with Gasteiger partial charge in [-0.3, -0.25) is 14.5 Å². The molecule has 1 saturated heterocycles. The van der Waals surface area contributed by atoms with Gasteiger partial charge < -0.3 is 4.90 Å². The van der Waals surface area contributed by atoms with Gasteiger partial charge in [0.05, 0.1) is 17.5 Å². The van der Waals surface area contributed by atoms with Crippen LogP contribution in [-0.4, -0.2) is 56.8 Å². The average molecular weight is 399 g/mol. The minimum atomic E-state index is -3.29. The highest BCUT2D eigenvalue weighted by Gasteiger charge is 2.43. The fourth-order valence-corrected chi connectivity index (χ4v) is 5.15. The Hall–Kier alpha value is -2.92. The predicted octanol–water partition coefficient (Wildman–Crippen LogP) is 1.53. The molecule has 0 spiro atoms. The van der Waals surface area contributed by atoms with Crippen molar-refractivity contribution in [1.82, 2.24) is 4.90 Å². The number of hydrogen-bond acceptors (Lipinski definition) is 6. The number of sulfone groups is 1. The molecule has 1 aromatic rings. The summed E-state index contributed by atoms with van der Waals surface area (Å²) < 4.78 is 23.7. The van der Waals surface area contributed by atoms with Crippen molar-refractivity contribution in [1.29, 1.82) is 5.26 Å². The first kappa shape index (κ1) is 19.8. The first-order chi connectivity index (χ1) is 13.1. The SMILES string of the molecule is CC1=C(C#N)C(=O)N([C@H]2CCS(=O)(=O)C2)C(=O)/C1=C/c1ccc(N(C)C)cc1. The molecule has 146 valence electrons. The number of nitrogens with zero attached hydrogens (tertiary/aromatic N) is 3. The molecule has 2 aliphatic heterocycles. The van der Waals surface area contributed by atoms with Crippen LogP contribution in [0.5, 0.6) is 0 Å². The quantitative estimate of drug-likeness (QED) is 0.565. The fourth-order valence-electron chi connectivity index (χ4n) is 3.45. The minimum absolute atomic E-state index is 0.0651. The van der Waals surface area contributed by atoms with E-state index in [0.717, 1.165) is 16.2 Å². The first-order valence-electron chi connectivity index (χ1n) is 8.83. The van der Waals surface area contributed by atoms with Gasteiger partial charge in [0, 0.05) is 25.4 Å². The molecular formula is C20H21N3O4S. The van der Waals surface area contributed by atoms with Crippen LogP contribution in [0, 0.1) is 11.3 Å². The van der Waals surface area contributed by atoms with Crippen LogP contribution in [0.4, 0.5) is 5.69 Å². The van der Waals surface area contributed by atoms with E-state index in [0.29, 0.717) is 5.57 Å². The first-order valence-corrected chi connectivity index (χ1v) is 10.7. The number of anilines is 1. The molecule has 2 heterocycles. The van der Waals surface area contributed by atoms with Crippen LogP contribution in [0.3, 0.4) is 0 Å². The number of amides is 2. The summed E-state index contributed by atoms with van der Waals surface area (Å²) in [4.78, 5) is 28.7. The second-order valence-electron chi connectivity index (χ2n) is 7.19. The van der Waals surface area contributed by atoms with E-state index < -0.39 is 27.7 Å². The van der Waals surface area contributed by atoms with Crippen molar-refractivity contribution in [3.05, 3.63) is 46.5 Å². The standard InChI is InChI=1S/C20H21N3O4S/c1-13-17(10-14-4-6-15(7-5-14)22(2)3)19(24)23(20(25)18(13)11-21)16-8-9-28(26,27)12-16/h4-7,10,16H,8-9,12H2,1-3H3/b17-10+/t16-/m0/s1. The zero-order valence-corrected chi connectivity index (χ0v) is 16.8. The highest BCUT2D eigenvalue weighted by molar-refractivity contribution is 7.91. The maximum atomic E-state index is 13.1. The predicted molar refractivity (Wildman–Crippen MR) is 106 cm³/mol. The van der Waals surface area contributed by atoms with E-state index in [9.17, 15) is 23.3 Å². The van der Waals surface area contributed by atoms with Crippen molar-refractivity contribution >= 4 is 33.4 Å². The van der Waals surface area contributed by atoms with Crippen LogP contribution < -0.4 is 4.90 Å². The second-order valence-corrected chi connectivity index (χ2v) is 9.42. The molecule has 0 aromatic heterocycles. The van der Waals surface area contributed by atoms with Gasteiger partial charge in [0.15, 0.2) is 9.84 Å². The van der Waals surface area contributed by atoms with Crippen molar-refractivity contribution < 1.29 is 18.0 Å². The van der Waals surface area contributed by atoms with Crippen molar-refractivity contribution in [2.45, 2.75) is 19.4 Å². The van der Waals surface area contributed by atoms with Crippen LogP contribution >= 0.6 is 0 Å².